The zero-order valence-electron chi connectivity index (χ0n) is 9.54. The van der Waals surface area contributed by atoms with E-state index in [1.165, 1.54) is 38.6 Å². The molecule has 2 rings (SSSR count). The van der Waals surface area contributed by atoms with Crippen molar-refractivity contribution in [3.8, 4) is 0 Å². The highest BCUT2D eigenvalue weighted by Crippen LogP contribution is 2.32. The number of rotatable bonds is 4. The molecule has 1 heterocycles. The van der Waals surface area contributed by atoms with Crippen LogP contribution in [0.25, 0.3) is 0 Å². The monoisotopic (exact) mass is 223 g/mol. The number of nitrogens with one attached hydrogen (secondary N) is 1. The minimum atomic E-state index is 0.906. The van der Waals surface area contributed by atoms with E-state index in [-0.39, 0.29) is 0 Å². The average molecular weight is 223 g/mol. The summed E-state index contributed by atoms with van der Waals surface area (Å²) in [5, 5.41) is 7.86. The second-order valence-corrected chi connectivity index (χ2v) is 5.48. The Labute approximate surface area is 96.9 Å². The summed E-state index contributed by atoms with van der Waals surface area (Å²) in [6.45, 7) is 1.20. The van der Waals surface area contributed by atoms with Gasteiger partial charge in [-0.05, 0) is 67.1 Å². The fourth-order valence-electron chi connectivity index (χ4n) is 2.80. The summed E-state index contributed by atoms with van der Waals surface area (Å²) in [4.78, 5) is 0. The van der Waals surface area contributed by atoms with Gasteiger partial charge in [-0.2, -0.15) is 11.3 Å². The quantitative estimate of drug-likeness (QED) is 0.825. The molecular formula is C13H21NS. The van der Waals surface area contributed by atoms with Crippen LogP contribution in [0.2, 0.25) is 0 Å². The molecular weight excluding hydrogens is 202 g/mol. The molecule has 0 radical (unpaired) electrons. The molecule has 1 saturated carbocycles. The van der Waals surface area contributed by atoms with Crippen LogP contribution >= 0.6 is 11.3 Å². The van der Waals surface area contributed by atoms with E-state index in [1.807, 2.05) is 11.3 Å². The Morgan fingerprint density at radius 3 is 2.80 bits per heavy atom. The third-order valence-electron chi connectivity index (χ3n) is 3.61. The lowest BCUT2D eigenvalue weighted by molar-refractivity contribution is 0.232. The van der Waals surface area contributed by atoms with Crippen LogP contribution in [-0.2, 0) is 6.42 Å². The van der Waals surface area contributed by atoms with Gasteiger partial charge < -0.3 is 5.32 Å². The van der Waals surface area contributed by atoms with Gasteiger partial charge >= 0.3 is 0 Å². The summed E-state index contributed by atoms with van der Waals surface area (Å²) in [5.74, 6) is 1.82. The summed E-state index contributed by atoms with van der Waals surface area (Å²) in [7, 11) is 2.08. The van der Waals surface area contributed by atoms with Crippen LogP contribution in [0.1, 0.15) is 31.2 Å². The molecule has 0 spiro atoms. The highest BCUT2D eigenvalue weighted by Gasteiger charge is 2.24. The van der Waals surface area contributed by atoms with Crippen LogP contribution in [0, 0.1) is 11.8 Å². The molecule has 2 heteroatoms. The summed E-state index contributed by atoms with van der Waals surface area (Å²) in [6, 6.07) is 2.29. The molecule has 0 bridgehead atoms. The van der Waals surface area contributed by atoms with Gasteiger partial charge in [-0.1, -0.05) is 12.8 Å². The van der Waals surface area contributed by atoms with Crippen LogP contribution in [0.4, 0.5) is 0 Å². The first-order chi connectivity index (χ1) is 7.40. The normalized spacial score (nSPS) is 26.7. The number of thiophene rings is 1. The fraction of sp³-hybridized carbons (Fsp3) is 0.692. The topological polar surface area (TPSA) is 12.0 Å². The van der Waals surface area contributed by atoms with E-state index in [9.17, 15) is 0 Å². The standard InChI is InChI=1S/C13H21NS/c1-14-9-13-5-3-2-4-12(13)8-11-6-7-15-10-11/h6-7,10,12-14H,2-5,8-9H2,1H3. The van der Waals surface area contributed by atoms with Gasteiger partial charge in [0.25, 0.3) is 0 Å². The lowest BCUT2D eigenvalue weighted by atomic mass is 9.76. The van der Waals surface area contributed by atoms with Gasteiger partial charge in [0.15, 0.2) is 0 Å². The van der Waals surface area contributed by atoms with Crippen molar-refractivity contribution in [1.82, 2.24) is 5.32 Å². The van der Waals surface area contributed by atoms with E-state index in [1.54, 1.807) is 5.56 Å². The van der Waals surface area contributed by atoms with Crippen LogP contribution in [0.3, 0.4) is 0 Å². The second kappa shape index (κ2) is 5.66. The molecule has 1 aromatic heterocycles. The molecule has 1 nitrogen and oxygen atoms in total. The average Bonchev–Trinajstić information content (AvgIpc) is 2.74. The first-order valence-corrected chi connectivity index (χ1v) is 7.00. The SMILES string of the molecule is CNCC1CCCCC1Cc1ccsc1. The molecule has 2 unspecified atom stereocenters. The predicted molar refractivity (Wildman–Crippen MR) is 67.4 cm³/mol. The second-order valence-electron chi connectivity index (χ2n) is 4.70. The largest absolute Gasteiger partial charge is 0.319 e. The van der Waals surface area contributed by atoms with Gasteiger partial charge in [-0.15, -0.1) is 0 Å². The maximum absolute atomic E-state index is 3.35. The van der Waals surface area contributed by atoms with Crippen molar-refractivity contribution in [3.63, 3.8) is 0 Å². The molecule has 15 heavy (non-hydrogen) atoms. The Morgan fingerprint density at radius 2 is 2.13 bits per heavy atom. The van der Waals surface area contributed by atoms with Crippen LogP contribution in [0.15, 0.2) is 16.8 Å². The molecule has 1 aliphatic rings. The van der Waals surface area contributed by atoms with E-state index in [0.29, 0.717) is 0 Å². The van der Waals surface area contributed by atoms with Crippen LogP contribution in [0.5, 0.6) is 0 Å². The van der Waals surface area contributed by atoms with Gasteiger partial charge in [0, 0.05) is 0 Å². The third-order valence-corrected chi connectivity index (χ3v) is 4.34. The Kier molecular flexibility index (Phi) is 4.21. The summed E-state index contributed by atoms with van der Waals surface area (Å²) in [5.41, 5.74) is 1.55. The maximum Gasteiger partial charge on any atom is -0.00208 e. The Bertz CT molecular complexity index is 266. The van der Waals surface area contributed by atoms with E-state index in [0.717, 1.165) is 11.8 Å². The summed E-state index contributed by atoms with van der Waals surface area (Å²) in [6.07, 6.45) is 7.04. The molecule has 1 aliphatic carbocycles. The van der Waals surface area contributed by atoms with Gasteiger partial charge in [0.05, 0.1) is 0 Å². The molecule has 0 aliphatic heterocycles. The molecule has 0 amide bonds. The highest BCUT2D eigenvalue weighted by molar-refractivity contribution is 7.07. The minimum absolute atomic E-state index is 0.906. The Hall–Kier alpha value is -0.340. The number of hydrogen-bond donors (Lipinski definition) is 1. The third kappa shape index (κ3) is 3.05. The van der Waals surface area contributed by atoms with Gasteiger partial charge in [0.2, 0.25) is 0 Å². The maximum atomic E-state index is 3.35. The molecule has 84 valence electrons. The first-order valence-electron chi connectivity index (χ1n) is 6.06. The van der Waals surface area contributed by atoms with Crippen molar-refractivity contribution < 1.29 is 0 Å². The molecule has 1 aromatic rings. The zero-order valence-corrected chi connectivity index (χ0v) is 10.4. The molecule has 0 saturated heterocycles. The molecule has 1 fully saturated rings. The summed E-state index contributed by atoms with van der Waals surface area (Å²) < 4.78 is 0. The predicted octanol–water partition coefficient (Wildman–Crippen LogP) is 3.32. The van der Waals surface area contributed by atoms with Crippen molar-refractivity contribution in [3.05, 3.63) is 22.4 Å². The fourth-order valence-corrected chi connectivity index (χ4v) is 3.48. The Balaban J connectivity index is 1.92. The minimum Gasteiger partial charge on any atom is -0.319 e. The van der Waals surface area contributed by atoms with Crippen molar-refractivity contribution in [2.45, 2.75) is 32.1 Å². The van der Waals surface area contributed by atoms with Crippen LogP contribution in [-0.4, -0.2) is 13.6 Å². The molecule has 0 aromatic carbocycles. The van der Waals surface area contributed by atoms with Crippen LogP contribution < -0.4 is 5.32 Å². The lowest BCUT2D eigenvalue weighted by Crippen LogP contribution is -2.29. The smallest absolute Gasteiger partial charge is 0.00208 e. The van der Waals surface area contributed by atoms with Gasteiger partial charge in [-0.25, -0.2) is 0 Å². The van der Waals surface area contributed by atoms with E-state index in [4.69, 9.17) is 0 Å². The first kappa shape index (κ1) is 11.2. The van der Waals surface area contributed by atoms with E-state index in [2.05, 4.69) is 29.2 Å². The van der Waals surface area contributed by atoms with Gasteiger partial charge in [-0.3, -0.25) is 0 Å². The molecule has 2 atom stereocenters. The lowest BCUT2D eigenvalue weighted by Gasteiger charge is -2.31. The zero-order chi connectivity index (χ0) is 10.5. The van der Waals surface area contributed by atoms with Crippen molar-refractivity contribution in [2.24, 2.45) is 11.8 Å². The Morgan fingerprint density at radius 1 is 1.33 bits per heavy atom. The van der Waals surface area contributed by atoms with Crippen molar-refractivity contribution in [1.29, 1.82) is 0 Å². The summed E-state index contributed by atoms with van der Waals surface area (Å²) >= 11 is 1.83. The van der Waals surface area contributed by atoms with E-state index < -0.39 is 0 Å². The van der Waals surface area contributed by atoms with Gasteiger partial charge in [0.1, 0.15) is 0 Å². The molecule has 1 N–H and O–H groups in total. The van der Waals surface area contributed by atoms with Crippen molar-refractivity contribution >= 4 is 11.3 Å². The van der Waals surface area contributed by atoms with E-state index >= 15 is 0 Å². The highest BCUT2D eigenvalue weighted by atomic mass is 32.1. The number of hydrogen-bond acceptors (Lipinski definition) is 2. The van der Waals surface area contributed by atoms with Crippen molar-refractivity contribution in [2.75, 3.05) is 13.6 Å².